The first-order chi connectivity index (χ1) is 18.4. The van der Waals surface area contributed by atoms with E-state index in [4.69, 9.17) is 20.9 Å². The van der Waals surface area contributed by atoms with Crippen LogP contribution in [0.2, 0.25) is 0 Å². The molecule has 2 N–H and O–H groups in total. The Balaban J connectivity index is 1.97. The van der Waals surface area contributed by atoms with Gasteiger partial charge in [0.2, 0.25) is 5.69 Å². The van der Waals surface area contributed by atoms with Gasteiger partial charge < -0.3 is 19.3 Å². The Kier molecular flexibility index (Phi) is 11.7. The van der Waals surface area contributed by atoms with Gasteiger partial charge in [0.1, 0.15) is 11.5 Å². The Morgan fingerprint density at radius 2 is 0.829 bits per heavy atom. The van der Waals surface area contributed by atoms with E-state index in [1.807, 2.05) is 0 Å². The van der Waals surface area contributed by atoms with Crippen molar-refractivity contribution in [3.8, 4) is 11.5 Å². The fourth-order valence-corrected chi connectivity index (χ4v) is 6.65. The molecule has 0 unspecified atom stereocenters. The molecule has 2 aromatic carbocycles. The summed E-state index contributed by atoms with van der Waals surface area (Å²) in [6.45, 7) is 26.5. The quantitative estimate of drug-likeness (QED) is 0.140. The molecule has 2 aromatic rings. The van der Waals surface area contributed by atoms with E-state index in [0.717, 1.165) is 47.9 Å². The van der Waals surface area contributed by atoms with E-state index in [9.17, 15) is 10.2 Å². The summed E-state index contributed by atoms with van der Waals surface area (Å²) in [5, 5.41) is 22.0. The number of hydrogen-bond donors (Lipinski definition) is 3. The fraction of sp³-hybridized carbons (Fsp3) is 0.647. The number of aryl methyl sites for hydroxylation is 2. The van der Waals surface area contributed by atoms with Crippen molar-refractivity contribution in [2.45, 2.75) is 130 Å². The van der Waals surface area contributed by atoms with Gasteiger partial charge in [0, 0.05) is 0 Å². The summed E-state index contributed by atoms with van der Waals surface area (Å²) in [7, 11) is 0. The zero-order chi connectivity index (χ0) is 31.6. The number of phenolic OH excluding ortho intramolecular Hbond substituents is 2. The summed E-state index contributed by atoms with van der Waals surface area (Å²) in [6.07, 6.45) is 3.23. The maximum Gasteiger partial charge on any atom is 0.244 e. The van der Waals surface area contributed by atoms with Crippen LogP contribution >= 0.6 is 17.9 Å². The molecule has 0 amide bonds. The van der Waals surface area contributed by atoms with Crippen molar-refractivity contribution in [3.05, 3.63) is 57.6 Å². The van der Waals surface area contributed by atoms with Crippen LogP contribution in [-0.4, -0.2) is 23.4 Å². The van der Waals surface area contributed by atoms with Crippen LogP contribution < -0.4 is 0 Å². The van der Waals surface area contributed by atoms with Crippen LogP contribution in [0.15, 0.2) is 24.3 Å². The van der Waals surface area contributed by atoms with Gasteiger partial charge in [0.15, 0.2) is 0 Å². The second-order valence-corrected chi connectivity index (χ2v) is 20.7. The van der Waals surface area contributed by atoms with E-state index >= 15 is 0 Å². The predicted octanol–water partition coefficient (Wildman–Crippen LogP) is 10.0. The van der Waals surface area contributed by atoms with Gasteiger partial charge in [-0.15, -0.1) is 0 Å². The molecule has 0 aliphatic rings. The molecule has 0 saturated heterocycles. The molecule has 0 fully saturated rings. The van der Waals surface area contributed by atoms with Crippen LogP contribution in [0.25, 0.3) is 0 Å². The van der Waals surface area contributed by atoms with Crippen molar-refractivity contribution >= 4 is 29.7 Å². The molecular formula is C34H55O4PS2. The molecule has 0 heterocycles. The molecule has 4 nitrogen and oxygen atoms in total. The molecule has 7 heteroatoms. The molecule has 0 aliphatic carbocycles. The van der Waals surface area contributed by atoms with Crippen LogP contribution in [0.5, 0.6) is 11.5 Å². The second-order valence-electron chi connectivity index (χ2n) is 15.4. The lowest BCUT2D eigenvalue weighted by atomic mass is 9.78. The first kappa shape index (κ1) is 36.2. The smallest absolute Gasteiger partial charge is 0.244 e. The third-order valence-electron chi connectivity index (χ3n) is 7.30. The summed E-state index contributed by atoms with van der Waals surface area (Å²) in [4.78, 5) is 0. The molecule has 0 atom stereocenters. The largest absolute Gasteiger partial charge is 0.507 e. The van der Waals surface area contributed by atoms with E-state index in [2.05, 4.69) is 120 Å². The Morgan fingerprint density at radius 1 is 0.585 bits per heavy atom. The van der Waals surface area contributed by atoms with Crippen LogP contribution in [0.3, 0.4) is 0 Å². The van der Waals surface area contributed by atoms with Crippen molar-refractivity contribution < 1.29 is 19.3 Å². The topological polar surface area (TPSA) is 58.9 Å². The molecule has 0 bridgehead atoms. The maximum atomic E-state index is 11.0. The molecule has 232 valence electrons. The normalized spacial score (nSPS) is 13.6. The van der Waals surface area contributed by atoms with E-state index in [0.29, 0.717) is 24.7 Å². The molecule has 0 spiro atoms. The third kappa shape index (κ3) is 10.6. The SMILES string of the molecule is CC(C)(C)c1cc(CCCOP(=S)(S)OCCCc2cc(C(C)(C)C)c(O)c(C(C)(C)C)c2)cc(C(C)(C)C)c1O. The van der Waals surface area contributed by atoms with Gasteiger partial charge >= 0.3 is 0 Å². The highest BCUT2D eigenvalue weighted by Crippen LogP contribution is 2.53. The first-order valence-electron chi connectivity index (χ1n) is 14.8. The van der Waals surface area contributed by atoms with Crippen molar-refractivity contribution in [2.24, 2.45) is 0 Å². The average molecular weight is 623 g/mol. The van der Waals surface area contributed by atoms with Crippen LogP contribution in [0, 0.1) is 0 Å². The number of benzene rings is 2. The highest BCUT2D eigenvalue weighted by molar-refractivity contribution is 8.60. The Bertz CT molecular complexity index is 1080. The van der Waals surface area contributed by atoms with Crippen LogP contribution in [0.4, 0.5) is 0 Å². The van der Waals surface area contributed by atoms with Gasteiger partial charge in [0.05, 0.1) is 13.2 Å². The van der Waals surface area contributed by atoms with E-state index in [-0.39, 0.29) is 21.7 Å². The standard InChI is InChI=1S/C34H55O4PS2/c1-31(2,3)25-19-23(20-26(29(25)35)32(4,5)6)15-13-17-37-39(40,41)38-18-14-16-24-21-27(33(7,8)9)30(36)28(22-24)34(10,11)12/h19-22,35-36H,13-18H2,1-12H3,(H,40,41). The van der Waals surface area contributed by atoms with Crippen LogP contribution in [-0.2, 0) is 55.4 Å². The number of thiol groups is 1. The molecule has 0 aliphatic heterocycles. The maximum absolute atomic E-state index is 11.0. The van der Waals surface area contributed by atoms with Gasteiger partial charge in [-0.05, 0) is 92.5 Å². The Hall–Kier alpha value is -1.04. The summed E-state index contributed by atoms with van der Waals surface area (Å²) in [5.41, 5.74) is 3.01. The molecule has 2 rings (SSSR count). The highest BCUT2D eigenvalue weighted by Gasteiger charge is 2.28. The van der Waals surface area contributed by atoms with Crippen molar-refractivity contribution in [3.63, 3.8) is 0 Å². The van der Waals surface area contributed by atoms with E-state index < -0.39 is 5.69 Å². The average Bonchev–Trinajstić information content (AvgIpc) is 2.78. The number of rotatable bonds is 10. The first-order valence-corrected chi connectivity index (χ1v) is 18.6. The lowest BCUT2D eigenvalue weighted by Gasteiger charge is -2.28. The lowest BCUT2D eigenvalue weighted by molar-refractivity contribution is 0.254. The van der Waals surface area contributed by atoms with Gasteiger partial charge in [-0.1, -0.05) is 120 Å². The minimum atomic E-state index is -2.65. The van der Waals surface area contributed by atoms with Crippen LogP contribution in [0.1, 0.15) is 129 Å². The summed E-state index contributed by atoms with van der Waals surface area (Å²) >= 11 is 10.1. The third-order valence-corrected chi connectivity index (χ3v) is 9.64. The summed E-state index contributed by atoms with van der Waals surface area (Å²) in [6, 6.07) is 8.49. The van der Waals surface area contributed by atoms with Crippen molar-refractivity contribution in [2.75, 3.05) is 13.2 Å². The molecule has 0 saturated carbocycles. The van der Waals surface area contributed by atoms with Crippen molar-refractivity contribution in [1.29, 1.82) is 0 Å². The Morgan fingerprint density at radius 3 is 1.05 bits per heavy atom. The van der Waals surface area contributed by atoms with E-state index in [1.54, 1.807) is 0 Å². The summed E-state index contributed by atoms with van der Waals surface area (Å²) in [5.74, 6) is 0.807. The molecule has 0 radical (unpaired) electrons. The second kappa shape index (κ2) is 13.3. The monoisotopic (exact) mass is 622 g/mol. The van der Waals surface area contributed by atoms with Crippen molar-refractivity contribution in [1.82, 2.24) is 0 Å². The number of phenols is 2. The molecule has 0 aromatic heterocycles. The molecular weight excluding hydrogens is 567 g/mol. The minimum absolute atomic E-state index is 0.153. The number of hydrogen-bond acceptors (Lipinski definition) is 5. The fourth-order valence-electron chi connectivity index (χ4n) is 4.91. The van der Waals surface area contributed by atoms with Gasteiger partial charge in [-0.3, -0.25) is 0 Å². The highest BCUT2D eigenvalue weighted by atomic mass is 32.9. The molecule has 41 heavy (non-hydrogen) atoms. The zero-order valence-electron chi connectivity index (χ0n) is 27.6. The van der Waals surface area contributed by atoms with Gasteiger partial charge in [-0.2, -0.15) is 0 Å². The lowest BCUT2D eigenvalue weighted by Crippen LogP contribution is -2.18. The zero-order valence-corrected chi connectivity index (χ0v) is 30.2. The predicted molar refractivity (Wildman–Crippen MR) is 183 cm³/mol. The number of aromatic hydroxyl groups is 2. The van der Waals surface area contributed by atoms with E-state index in [1.165, 1.54) is 11.1 Å². The summed E-state index contributed by atoms with van der Waals surface area (Å²) < 4.78 is 11.9. The van der Waals surface area contributed by atoms with Gasteiger partial charge in [0.25, 0.3) is 0 Å². The Labute approximate surface area is 261 Å². The van der Waals surface area contributed by atoms with Gasteiger partial charge in [-0.25, -0.2) is 0 Å². The minimum Gasteiger partial charge on any atom is -0.507 e.